The number of anilines is 1. The van der Waals surface area contributed by atoms with Gasteiger partial charge in [-0.05, 0) is 64.0 Å². The summed E-state index contributed by atoms with van der Waals surface area (Å²) < 4.78 is 0. The van der Waals surface area contributed by atoms with Crippen molar-refractivity contribution in [3.05, 3.63) is 29.3 Å². The summed E-state index contributed by atoms with van der Waals surface area (Å²) >= 11 is 0. The average molecular weight is 312 g/mol. The first-order valence-electron chi connectivity index (χ1n) is 7.35. The summed E-state index contributed by atoms with van der Waals surface area (Å²) in [6.45, 7) is 6.66. The molecule has 1 amide bonds. The molecule has 4 nitrogen and oxygen atoms in total. The van der Waals surface area contributed by atoms with Crippen molar-refractivity contribution in [1.82, 2.24) is 10.2 Å². The maximum atomic E-state index is 12.2. The van der Waals surface area contributed by atoms with Gasteiger partial charge in [0.15, 0.2) is 0 Å². The molecule has 1 aliphatic rings. The number of carbonyl (C=O) groups excluding carboxylic acids is 1. The van der Waals surface area contributed by atoms with Gasteiger partial charge in [0, 0.05) is 11.7 Å². The first-order chi connectivity index (χ1) is 9.58. The monoisotopic (exact) mass is 311 g/mol. The number of hydrogen-bond donors (Lipinski definition) is 2. The highest BCUT2D eigenvalue weighted by atomic mass is 35.5. The third-order valence-electron chi connectivity index (χ3n) is 4.20. The number of carbonyl (C=O) groups is 1. The molecule has 2 N–H and O–H groups in total. The van der Waals surface area contributed by atoms with Gasteiger partial charge in [-0.3, -0.25) is 9.69 Å². The number of halogens is 1. The van der Waals surface area contributed by atoms with Crippen molar-refractivity contribution in [3.63, 3.8) is 0 Å². The fraction of sp³-hybridized carbons (Fsp3) is 0.562. The van der Waals surface area contributed by atoms with E-state index in [-0.39, 0.29) is 18.3 Å². The number of hydrogen-bond acceptors (Lipinski definition) is 3. The molecule has 0 bridgehead atoms. The molecule has 0 atom stereocenters. The van der Waals surface area contributed by atoms with Crippen LogP contribution in [-0.4, -0.2) is 43.5 Å². The van der Waals surface area contributed by atoms with Gasteiger partial charge in [-0.1, -0.05) is 12.1 Å². The SMILES string of the molecule is Cc1cccc(NC(=O)CN(C)C2CCNCC2)c1C.Cl. The Bertz CT molecular complexity index is 473. The second-order valence-corrected chi connectivity index (χ2v) is 5.69. The van der Waals surface area contributed by atoms with E-state index >= 15 is 0 Å². The fourth-order valence-corrected chi connectivity index (χ4v) is 2.68. The second kappa shape index (κ2) is 8.37. The number of nitrogens with one attached hydrogen (secondary N) is 2. The lowest BCUT2D eigenvalue weighted by molar-refractivity contribution is -0.117. The number of piperidine rings is 1. The highest BCUT2D eigenvalue weighted by Gasteiger charge is 2.19. The zero-order valence-electron chi connectivity index (χ0n) is 13.1. The molecule has 1 fully saturated rings. The molecule has 1 heterocycles. The summed E-state index contributed by atoms with van der Waals surface area (Å²) in [6, 6.07) is 6.52. The van der Waals surface area contributed by atoms with Gasteiger partial charge in [0.1, 0.15) is 0 Å². The maximum absolute atomic E-state index is 12.2. The molecule has 5 heteroatoms. The molecular weight excluding hydrogens is 286 g/mol. The predicted molar refractivity (Wildman–Crippen MR) is 90.3 cm³/mol. The van der Waals surface area contributed by atoms with E-state index in [1.54, 1.807) is 0 Å². The Hall–Kier alpha value is -1.10. The van der Waals surface area contributed by atoms with E-state index in [1.807, 2.05) is 26.1 Å². The fourth-order valence-electron chi connectivity index (χ4n) is 2.68. The van der Waals surface area contributed by atoms with Gasteiger partial charge in [0.2, 0.25) is 5.91 Å². The molecule has 0 saturated carbocycles. The molecule has 21 heavy (non-hydrogen) atoms. The molecule has 2 rings (SSSR count). The highest BCUT2D eigenvalue weighted by Crippen LogP contribution is 2.18. The van der Waals surface area contributed by atoms with Gasteiger partial charge in [0.25, 0.3) is 0 Å². The molecule has 0 unspecified atom stereocenters. The quantitative estimate of drug-likeness (QED) is 0.897. The van der Waals surface area contributed by atoms with Crippen LogP contribution in [0, 0.1) is 13.8 Å². The normalized spacial score (nSPS) is 15.6. The smallest absolute Gasteiger partial charge is 0.238 e. The van der Waals surface area contributed by atoms with Crippen LogP contribution in [0.2, 0.25) is 0 Å². The molecule has 118 valence electrons. The van der Waals surface area contributed by atoms with E-state index in [0.29, 0.717) is 12.6 Å². The predicted octanol–water partition coefficient (Wildman–Crippen LogP) is 2.35. The van der Waals surface area contributed by atoms with Gasteiger partial charge < -0.3 is 10.6 Å². The molecule has 0 aliphatic carbocycles. The molecule has 0 spiro atoms. The molecule has 0 radical (unpaired) electrons. The van der Waals surface area contributed by atoms with Crippen molar-refractivity contribution in [2.75, 3.05) is 32.0 Å². The van der Waals surface area contributed by atoms with Gasteiger partial charge in [0.05, 0.1) is 6.54 Å². The number of amides is 1. The number of nitrogens with zero attached hydrogens (tertiary/aromatic N) is 1. The van der Waals surface area contributed by atoms with Gasteiger partial charge in [-0.15, -0.1) is 12.4 Å². The molecule has 0 aromatic heterocycles. The van der Waals surface area contributed by atoms with Crippen LogP contribution in [0.1, 0.15) is 24.0 Å². The van der Waals surface area contributed by atoms with Crippen molar-refractivity contribution in [2.45, 2.75) is 32.7 Å². The van der Waals surface area contributed by atoms with Crippen molar-refractivity contribution >= 4 is 24.0 Å². The standard InChI is InChI=1S/C16H25N3O.ClH/c1-12-5-4-6-15(13(12)2)18-16(20)11-19(3)14-7-9-17-10-8-14;/h4-6,14,17H,7-11H2,1-3H3,(H,18,20);1H. The van der Waals surface area contributed by atoms with Crippen molar-refractivity contribution < 1.29 is 4.79 Å². The zero-order valence-corrected chi connectivity index (χ0v) is 13.9. The van der Waals surface area contributed by atoms with Crippen LogP contribution in [0.3, 0.4) is 0 Å². The van der Waals surface area contributed by atoms with E-state index < -0.39 is 0 Å². The van der Waals surface area contributed by atoms with E-state index in [9.17, 15) is 4.79 Å². The second-order valence-electron chi connectivity index (χ2n) is 5.69. The lowest BCUT2D eigenvalue weighted by atomic mass is 10.1. The van der Waals surface area contributed by atoms with Crippen LogP contribution >= 0.6 is 12.4 Å². The average Bonchev–Trinajstić information content (AvgIpc) is 2.45. The number of likely N-dealkylation sites (N-methyl/N-ethyl adjacent to an activating group) is 1. The van der Waals surface area contributed by atoms with Crippen LogP contribution in [0.5, 0.6) is 0 Å². The van der Waals surface area contributed by atoms with Crippen LogP contribution in [-0.2, 0) is 4.79 Å². The first kappa shape index (κ1) is 18.0. The van der Waals surface area contributed by atoms with E-state index in [1.165, 1.54) is 5.56 Å². The zero-order chi connectivity index (χ0) is 14.5. The van der Waals surface area contributed by atoms with E-state index in [2.05, 4.69) is 28.5 Å². The minimum atomic E-state index is 0. The molecular formula is C16H26ClN3O. The summed E-state index contributed by atoms with van der Waals surface area (Å²) in [6.07, 6.45) is 2.24. The first-order valence-corrected chi connectivity index (χ1v) is 7.35. The third kappa shape index (κ3) is 4.99. The Labute approximate surface area is 133 Å². The van der Waals surface area contributed by atoms with Crippen LogP contribution in [0.15, 0.2) is 18.2 Å². The van der Waals surface area contributed by atoms with Crippen LogP contribution in [0.25, 0.3) is 0 Å². The Morgan fingerprint density at radius 1 is 1.33 bits per heavy atom. The van der Waals surface area contributed by atoms with E-state index in [0.717, 1.165) is 37.2 Å². The molecule has 1 saturated heterocycles. The lowest BCUT2D eigenvalue weighted by Gasteiger charge is -2.31. The van der Waals surface area contributed by atoms with Gasteiger partial charge in [-0.25, -0.2) is 0 Å². The minimum absolute atomic E-state index is 0. The molecule has 1 aliphatic heterocycles. The summed E-state index contributed by atoms with van der Waals surface area (Å²) in [5.41, 5.74) is 3.27. The topological polar surface area (TPSA) is 44.4 Å². The molecule has 1 aromatic rings. The Morgan fingerprint density at radius 3 is 2.67 bits per heavy atom. The molecule has 1 aromatic carbocycles. The van der Waals surface area contributed by atoms with Gasteiger partial charge >= 0.3 is 0 Å². The van der Waals surface area contributed by atoms with Crippen LogP contribution < -0.4 is 10.6 Å². The Kier molecular flexibility index (Phi) is 7.15. The Balaban J connectivity index is 0.00000220. The van der Waals surface area contributed by atoms with Crippen LogP contribution in [0.4, 0.5) is 5.69 Å². The Morgan fingerprint density at radius 2 is 2.00 bits per heavy atom. The summed E-state index contributed by atoms with van der Waals surface area (Å²) in [5.74, 6) is 0.0692. The minimum Gasteiger partial charge on any atom is -0.325 e. The highest BCUT2D eigenvalue weighted by molar-refractivity contribution is 5.93. The number of benzene rings is 1. The van der Waals surface area contributed by atoms with Crippen molar-refractivity contribution in [3.8, 4) is 0 Å². The van der Waals surface area contributed by atoms with E-state index in [4.69, 9.17) is 0 Å². The summed E-state index contributed by atoms with van der Waals surface area (Å²) in [5, 5.41) is 6.37. The summed E-state index contributed by atoms with van der Waals surface area (Å²) in [4.78, 5) is 14.3. The number of rotatable bonds is 4. The number of aryl methyl sites for hydroxylation is 1. The maximum Gasteiger partial charge on any atom is 0.238 e. The summed E-state index contributed by atoms with van der Waals surface area (Å²) in [7, 11) is 2.04. The van der Waals surface area contributed by atoms with Crippen molar-refractivity contribution in [1.29, 1.82) is 0 Å². The van der Waals surface area contributed by atoms with Gasteiger partial charge in [-0.2, -0.15) is 0 Å². The largest absolute Gasteiger partial charge is 0.325 e. The lowest BCUT2D eigenvalue weighted by Crippen LogP contribution is -2.44. The van der Waals surface area contributed by atoms with Crippen molar-refractivity contribution in [2.24, 2.45) is 0 Å². The third-order valence-corrected chi connectivity index (χ3v) is 4.20.